The molecule has 0 spiro atoms. The van der Waals surface area contributed by atoms with Crippen molar-refractivity contribution in [3.63, 3.8) is 0 Å². The second-order valence-electron chi connectivity index (χ2n) is 6.24. The Kier molecular flexibility index (Phi) is 5.88. The number of aliphatic hydroxyl groups excluding tert-OH is 1. The van der Waals surface area contributed by atoms with Gasteiger partial charge in [0, 0.05) is 18.1 Å². The first-order valence-corrected chi connectivity index (χ1v) is 8.07. The Morgan fingerprint density at radius 2 is 1.95 bits per heavy atom. The number of rotatable bonds is 5. The smallest absolute Gasteiger partial charge is 0.0580 e. The van der Waals surface area contributed by atoms with Crippen molar-refractivity contribution in [2.45, 2.75) is 45.3 Å². The molecule has 3 atom stereocenters. The van der Waals surface area contributed by atoms with Gasteiger partial charge in [-0.15, -0.1) is 0 Å². The molecule has 0 aliphatic heterocycles. The van der Waals surface area contributed by atoms with Crippen molar-refractivity contribution in [3.05, 3.63) is 34.9 Å². The van der Waals surface area contributed by atoms with E-state index in [0.717, 1.165) is 30.5 Å². The van der Waals surface area contributed by atoms with Crippen molar-refractivity contribution in [2.24, 2.45) is 11.8 Å². The highest BCUT2D eigenvalue weighted by molar-refractivity contribution is 6.30. The summed E-state index contributed by atoms with van der Waals surface area (Å²) in [6.45, 7) is 4.15. The first-order chi connectivity index (χ1) is 9.58. The minimum Gasteiger partial charge on any atom is -0.393 e. The first kappa shape index (κ1) is 15.8. The number of aliphatic hydroxyl groups is 1. The fourth-order valence-electron chi connectivity index (χ4n) is 3.28. The highest BCUT2D eigenvalue weighted by Gasteiger charge is 2.28. The summed E-state index contributed by atoms with van der Waals surface area (Å²) in [6, 6.07) is 8.02. The van der Waals surface area contributed by atoms with Gasteiger partial charge >= 0.3 is 0 Å². The Balaban J connectivity index is 1.86. The van der Waals surface area contributed by atoms with E-state index in [1.165, 1.54) is 24.8 Å². The van der Waals surface area contributed by atoms with Gasteiger partial charge in [-0.2, -0.15) is 0 Å². The topological polar surface area (TPSA) is 23.5 Å². The van der Waals surface area contributed by atoms with Gasteiger partial charge in [-0.1, -0.05) is 37.1 Å². The van der Waals surface area contributed by atoms with Crippen molar-refractivity contribution in [1.82, 2.24) is 4.90 Å². The summed E-state index contributed by atoms with van der Waals surface area (Å²) in [5.74, 6) is 1.22. The van der Waals surface area contributed by atoms with Crippen LogP contribution in [-0.4, -0.2) is 29.7 Å². The van der Waals surface area contributed by atoms with Crippen LogP contribution in [0.2, 0.25) is 5.02 Å². The molecule has 3 unspecified atom stereocenters. The molecule has 1 N–H and O–H groups in total. The Bertz CT molecular complexity index is 406. The predicted molar refractivity (Wildman–Crippen MR) is 84.9 cm³/mol. The van der Waals surface area contributed by atoms with Crippen LogP contribution in [0.1, 0.15) is 38.2 Å². The summed E-state index contributed by atoms with van der Waals surface area (Å²) in [7, 11) is 2.14. The monoisotopic (exact) mass is 295 g/mol. The second kappa shape index (κ2) is 7.44. The molecule has 2 rings (SSSR count). The van der Waals surface area contributed by atoms with Crippen LogP contribution < -0.4 is 0 Å². The van der Waals surface area contributed by atoms with E-state index in [1.54, 1.807) is 0 Å². The highest BCUT2D eigenvalue weighted by atomic mass is 35.5. The van der Waals surface area contributed by atoms with Gasteiger partial charge in [0.2, 0.25) is 0 Å². The van der Waals surface area contributed by atoms with E-state index in [0.29, 0.717) is 5.92 Å². The van der Waals surface area contributed by atoms with E-state index >= 15 is 0 Å². The number of halogens is 1. The number of hydrogen-bond donors (Lipinski definition) is 1. The van der Waals surface area contributed by atoms with Gasteiger partial charge in [0.25, 0.3) is 0 Å². The molecular weight excluding hydrogens is 270 g/mol. The lowest BCUT2D eigenvalue weighted by Gasteiger charge is -2.35. The zero-order valence-electron chi connectivity index (χ0n) is 12.6. The third-order valence-corrected chi connectivity index (χ3v) is 4.79. The molecule has 1 aromatic carbocycles. The molecule has 0 amide bonds. The molecule has 3 heteroatoms. The number of benzene rings is 1. The summed E-state index contributed by atoms with van der Waals surface area (Å²) in [6.07, 6.45) is 4.45. The van der Waals surface area contributed by atoms with E-state index in [4.69, 9.17) is 11.6 Å². The third kappa shape index (κ3) is 4.47. The maximum Gasteiger partial charge on any atom is 0.0580 e. The molecule has 1 fully saturated rings. The van der Waals surface area contributed by atoms with E-state index in [2.05, 4.69) is 31.0 Å². The standard InChI is InChI=1S/C17H26ClNO/c1-3-13-6-9-17(20)15(10-13)12-19(2)11-14-4-7-16(18)8-5-14/h4-5,7-8,13,15,17,20H,3,6,9-12H2,1-2H3. The van der Waals surface area contributed by atoms with Crippen LogP contribution in [0.25, 0.3) is 0 Å². The molecule has 0 bridgehead atoms. The van der Waals surface area contributed by atoms with Crippen molar-refractivity contribution in [2.75, 3.05) is 13.6 Å². The summed E-state index contributed by atoms with van der Waals surface area (Å²) in [5.41, 5.74) is 1.27. The van der Waals surface area contributed by atoms with Crippen LogP contribution in [0.3, 0.4) is 0 Å². The molecule has 0 radical (unpaired) electrons. The predicted octanol–water partition coefficient (Wildman–Crippen LogP) is 3.96. The van der Waals surface area contributed by atoms with Crippen LogP contribution in [0, 0.1) is 11.8 Å². The Morgan fingerprint density at radius 3 is 2.60 bits per heavy atom. The first-order valence-electron chi connectivity index (χ1n) is 7.69. The average Bonchev–Trinajstić information content (AvgIpc) is 2.44. The van der Waals surface area contributed by atoms with Crippen LogP contribution >= 0.6 is 11.6 Å². The van der Waals surface area contributed by atoms with Gasteiger partial charge in [0.15, 0.2) is 0 Å². The van der Waals surface area contributed by atoms with Gasteiger partial charge < -0.3 is 10.0 Å². The number of hydrogen-bond acceptors (Lipinski definition) is 2. The molecule has 1 aliphatic rings. The lowest BCUT2D eigenvalue weighted by molar-refractivity contribution is 0.0298. The van der Waals surface area contributed by atoms with Crippen molar-refractivity contribution in [1.29, 1.82) is 0 Å². The highest BCUT2D eigenvalue weighted by Crippen LogP contribution is 2.31. The van der Waals surface area contributed by atoms with Gasteiger partial charge in [0.05, 0.1) is 6.10 Å². The van der Waals surface area contributed by atoms with E-state index in [1.807, 2.05) is 12.1 Å². The maximum atomic E-state index is 10.2. The Hall–Kier alpha value is -0.570. The summed E-state index contributed by atoms with van der Waals surface area (Å²) in [4.78, 5) is 2.31. The Morgan fingerprint density at radius 1 is 1.25 bits per heavy atom. The van der Waals surface area contributed by atoms with Crippen LogP contribution in [0.5, 0.6) is 0 Å². The van der Waals surface area contributed by atoms with E-state index < -0.39 is 0 Å². The van der Waals surface area contributed by atoms with Gasteiger partial charge in [-0.3, -0.25) is 0 Å². The Labute approximate surface area is 127 Å². The zero-order valence-corrected chi connectivity index (χ0v) is 13.3. The largest absolute Gasteiger partial charge is 0.393 e. The minimum atomic E-state index is -0.120. The molecule has 20 heavy (non-hydrogen) atoms. The molecule has 2 nitrogen and oxygen atoms in total. The average molecular weight is 296 g/mol. The molecule has 112 valence electrons. The fraction of sp³-hybridized carbons (Fsp3) is 0.647. The maximum absolute atomic E-state index is 10.2. The zero-order chi connectivity index (χ0) is 14.5. The van der Waals surface area contributed by atoms with Gasteiger partial charge in [0.1, 0.15) is 0 Å². The van der Waals surface area contributed by atoms with Crippen molar-refractivity contribution in [3.8, 4) is 0 Å². The van der Waals surface area contributed by atoms with Crippen LogP contribution in [-0.2, 0) is 6.54 Å². The molecule has 1 saturated carbocycles. The van der Waals surface area contributed by atoms with Crippen molar-refractivity contribution >= 4 is 11.6 Å². The van der Waals surface area contributed by atoms with Gasteiger partial charge in [-0.05, 0) is 55.8 Å². The van der Waals surface area contributed by atoms with Crippen LogP contribution in [0.4, 0.5) is 0 Å². The summed E-state index contributed by atoms with van der Waals surface area (Å²) >= 11 is 5.91. The second-order valence-corrected chi connectivity index (χ2v) is 6.67. The normalized spacial score (nSPS) is 26.9. The molecule has 0 heterocycles. The minimum absolute atomic E-state index is 0.120. The molecule has 1 aromatic rings. The molecule has 0 aromatic heterocycles. The number of nitrogens with zero attached hydrogens (tertiary/aromatic N) is 1. The van der Waals surface area contributed by atoms with Crippen molar-refractivity contribution < 1.29 is 5.11 Å². The quantitative estimate of drug-likeness (QED) is 0.889. The summed E-state index contributed by atoms with van der Waals surface area (Å²) in [5, 5.41) is 11.0. The van der Waals surface area contributed by atoms with E-state index in [-0.39, 0.29) is 6.10 Å². The molecule has 0 saturated heterocycles. The molecular formula is C17H26ClNO. The van der Waals surface area contributed by atoms with E-state index in [9.17, 15) is 5.11 Å². The lowest BCUT2D eigenvalue weighted by atomic mass is 9.78. The lowest BCUT2D eigenvalue weighted by Crippen LogP contribution is -2.37. The SMILES string of the molecule is CCC1CCC(O)C(CN(C)Cc2ccc(Cl)cc2)C1. The third-order valence-electron chi connectivity index (χ3n) is 4.54. The van der Waals surface area contributed by atoms with Crippen LogP contribution in [0.15, 0.2) is 24.3 Å². The summed E-state index contributed by atoms with van der Waals surface area (Å²) < 4.78 is 0. The van der Waals surface area contributed by atoms with Gasteiger partial charge in [-0.25, -0.2) is 0 Å². The fourth-order valence-corrected chi connectivity index (χ4v) is 3.40. The molecule has 1 aliphatic carbocycles.